The number of nitrogens with one attached hydrogen (secondary N) is 1. The third-order valence-electron chi connectivity index (χ3n) is 3.94. The Kier molecular flexibility index (Phi) is 3.71. The molecule has 1 aliphatic heterocycles. The number of carbonyl (C=O) groups excluding carboxylic acids is 1. The molecule has 1 amide bonds. The summed E-state index contributed by atoms with van der Waals surface area (Å²) in [6.07, 6.45) is 3.06. The molecule has 6 heteroatoms. The third-order valence-corrected chi connectivity index (χ3v) is 4.60. The zero-order chi connectivity index (χ0) is 15.0. The number of halogens is 1. The van der Waals surface area contributed by atoms with Crippen molar-refractivity contribution in [2.24, 2.45) is 5.92 Å². The number of benzene rings is 1. The van der Waals surface area contributed by atoms with Gasteiger partial charge in [-0.25, -0.2) is 0 Å². The Hall–Kier alpha value is -1.82. The second-order valence-corrected chi connectivity index (χ2v) is 6.15. The normalized spacial score (nSPS) is 18.9. The zero-order valence-corrected chi connectivity index (χ0v) is 12.9. The summed E-state index contributed by atoms with van der Waals surface area (Å²) in [5, 5.41) is 9.98. The molecule has 0 unspecified atom stereocenters. The third kappa shape index (κ3) is 2.55. The Morgan fingerprint density at radius 3 is 2.95 bits per heavy atom. The van der Waals surface area contributed by atoms with Crippen molar-refractivity contribution >= 4 is 38.7 Å². The van der Waals surface area contributed by atoms with Crippen molar-refractivity contribution in [3.63, 3.8) is 0 Å². The summed E-state index contributed by atoms with van der Waals surface area (Å²) in [6.45, 7) is 0.894. The Balaban J connectivity index is 1.92. The number of fused-ring (bicyclic) bond motifs is 1. The van der Waals surface area contributed by atoms with Crippen molar-refractivity contribution in [3.05, 3.63) is 34.4 Å². The van der Waals surface area contributed by atoms with Gasteiger partial charge >= 0.3 is 5.97 Å². The highest BCUT2D eigenvalue weighted by Gasteiger charge is 2.29. The van der Waals surface area contributed by atoms with Crippen LogP contribution in [0.4, 0.5) is 0 Å². The number of carbonyl (C=O) groups is 2. The first-order valence-corrected chi connectivity index (χ1v) is 7.65. The molecule has 2 N–H and O–H groups in total. The van der Waals surface area contributed by atoms with E-state index in [9.17, 15) is 9.59 Å². The van der Waals surface area contributed by atoms with Crippen molar-refractivity contribution in [2.75, 3.05) is 13.1 Å². The number of rotatable bonds is 2. The summed E-state index contributed by atoms with van der Waals surface area (Å²) in [5.74, 6) is -1.40. The van der Waals surface area contributed by atoms with Crippen molar-refractivity contribution in [2.45, 2.75) is 12.8 Å². The van der Waals surface area contributed by atoms with Gasteiger partial charge in [0.15, 0.2) is 0 Å². The van der Waals surface area contributed by atoms with Crippen molar-refractivity contribution < 1.29 is 14.7 Å². The van der Waals surface area contributed by atoms with E-state index in [4.69, 9.17) is 5.11 Å². The first-order valence-electron chi connectivity index (χ1n) is 6.85. The molecule has 1 saturated heterocycles. The molecule has 1 aromatic heterocycles. The van der Waals surface area contributed by atoms with Crippen LogP contribution in [0.25, 0.3) is 10.9 Å². The lowest BCUT2D eigenvalue weighted by Gasteiger charge is -2.30. The molecule has 0 saturated carbocycles. The summed E-state index contributed by atoms with van der Waals surface area (Å²) < 4.78 is 0.858. The van der Waals surface area contributed by atoms with E-state index in [1.54, 1.807) is 11.1 Å². The van der Waals surface area contributed by atoms with Gasteiger partial charge in [-0.05, 0) is 25.0 Å². The van der Waals surface area contributed by atoms with Crippen LogP contribution in [0.15, 0.2) is 28.9 Å². The smallest absolute Gasteiger partial charge is 0.308 e. The number of amides is 1. The maximum Gasteiger partial charge on any atom is 0.308 e. The van der Waals surface area contributed by atoms with Crippen molar-refractivity contribution in [1.29, 1.82) is 0 Å². The molecule has 1 fully saturated rings. The number of aromatic amines is 1. The van der Waals surface area contributed by atoms with Crippen molar-refractivity contribution in [3.8, 4) is 0 Å². The van der Waals surface area contributed by atoms with Gasteiger partial charge in [-0.3, -0.25) is 9.59 Å². The number of carboxylic acid groups (broad SMARTS) is 1. The van der Waals surface area contributed by atoms with Gasteiger partial charge in [-0.15, -0.1) is 0 Å². The summed E-state index contributed by atoms with van der Waals surface area (Å²) in [4.78, 5) is 28.5. The largest absolute Gasteiger partial charge is 0.481 e. The Morgan fingerprint density at radius 2 is 2.19 bits per heavy atom. The van der Waals surface area contributed by atoms with Gasteiger partial charge in [0.05, 0.1) is 11.5 Å². The highest BCUT2D eigenvalue weighted by Crippen LogP contribution is 2.29. The molecule has 2 heterocycles. The second kappa shape index (κ2) is 5.52. The van der Waals surface area contributed by atoms with Gasteiger partial charge in [0.1, 0.15) is 0 Å². The van der Waals surface area contributed by atoms with Crippen LogP contribution >= 0.6 is 15.9 Å². The van der Waals surface area contributed by atoms with E-state index in [0.717, 1.165) is 21.8 Å². The van der Waals surface area contributed by atoms with Gasteiger partial charge in [0, 0.05) is 34.7 Å². The molecular weight excluding hydrogens is 336 g/mol. The maximum absolute atomic E-state index is 12.7. The number of nitrogens with zero attached hydrogens (tertiary/aromatic N) is 1. The van der Waals surface area contributed by atoms with Gasteiger partial charge in [0.2, 0.25) is 0 Å². The number of carboxylic acids is 1. The molecule has 0 aliphatic carbocycles. The van der Waals surface area contributed by atoms with E-state index >= 15 is 0 Å². The summed E-state index contributed by atoms with van der Waals surface area (Å²) in [7, 11) is 0. The lowest BCUT2D eigenvalue weighted by molar-refractivity contribution is -0.143. The highest BCUT2D eigenvalue weighted by atomic mass is 79.9. The van der Waals surface area contributed by atoms with E-state index in [2.05, 4.69) is 20.9 Å². The first-order chi connectivity index (χ1) is 10.1. The number of likely N-dealkylation sites (tertiary alicyclic amines) is 1. The van der Waals surface area contributed by atoms with Crippen LogP contribution in [0, 0.1) is 5.92 Å². The minimum atomic E-state index is -0.826. The Bertz CT molecular complexity index is 710. The molecule has 2 aromatic rings. The predicted octanol–water partition coefficient (Wildman–Crippen LogP) is 2.87. The standard InChI is InChI=1S/C15H15BrN2O3/c16-11-4-1-5-12-13(11)10(7-17-12)14(19)18-6-2-3-9(8-18)15(20)21/h1,4-5,7,9,17H,2-3,6,8H2,(H,20,21)/t9-/m1/s1. The van der Waals surface area contributed by atoms with Gasteiger partial charge in [0.25, 0.3) is 5.91 Å². The lowest BCUT2D eigenvalue weighted by Crippen LogP contribution is -2.42. The van der Waals surface area contributed by atoms with Gasteiger partial charge < -0.3 is 15.0 Å². The minimum absolute atomic E-state index is 0.112. The molecule has 3 rings (SSSR count). The van der Waals surface area contributed by atoms with Gasteiger partial charge in [-0.1, -0.05) is 22.0 Å². The molecule has 110 valence electrons. The average molecular weight is 351 g/mol. The number of piperidine rings is 1. The molecule has 1 aliphatic rings. The van der Waals surface area contributed by atoms with Crippen LogP contribution in [-0.2, 0) is 4.79 Å². The van der Waals surface area contributed by atoms with Crippen LogP contribution in [0.3, 0.4) is 0 Å². The summed E-state index contributed by atoms with van der Waals surface area (Å²) >= 11 is 3.47. The monoisotopic (exact) mass is 350 g/mol. The minimum Gasteiger partial charge on any atom is -0.481 e. The first kappa shape index (κ1) is 14.1. The number of aromatic nitrogens is 1. The average Bonchev–Trinajstić information content (AvgIpc) is 2.92. The van der Waals surface area contributed by atoms with E-state index in [1.165, 1.54) is 0 Å². The van der Waals surface area contributed by atoms with Crippen LogP contribution in [0.5, 0.6) is 0 Å². The molecule has 0 spiro atoms. The number of hydrogen-bond acceptors (Lipinski definition) is 2. The topological polar surface area (TPSA) is 73.4 Å². The summed E-state index contributed by atoms with van der Waals surface area (Å²) in [5.41, 5.74) is 1.48. The predicted molar refractivity (Wildman–Crippen MR) is 82.3 cm³/mol. The fraction of sp³-hybridized carbons (Fsp3) is 0.333. The molecule has 0 radical (unpaired) electrons. The van der Waals surface area contributed by atoms with Crippen LogP contribution < -0.4 is 0 Å². The van der Waals surface area contributed by atoms with Crippen LogP contribution in [0.2, 0.25) is 0 Å². The Labute approximate surface area is 130 Å². The zero-order valence-electron chi connectivity index (χ0n) is 11.3. The van der Waals surface area contributed by atoms with Gasteiger partial charge in [-0.2, -0.15) is 0 Å². The number of H-pyrrole nitrogens is 1. The highest BCUT2D eigenvalue weighted by molar-refractivity contribution is 9.10. The molecular formula is C15H15BrN2O3. The van der Waals surface area contributed by atoms with E-state index in [1.807, 2.05) is 18.2 Å². The maximum atomic E-state index is 12.7. The molecule has 1 aromatic carbocycles. The number of aliphatic carboxylic acids is 1. The number of hydrogen-bond donors (Lipinski definition) is 2. The van der Waals surface area contributed by atoms with E-state index < -0.39 is 11.9 Å². The van der Waals surface area contributed by atoms with Crippen molar-refractivity contribution in [1.82, 2.24) is 9.88 Å². The second-order valence-electron chi connectivity index (χ2n) is 5.29. The van der Waals surface area contributed by atoms with E-state index in [-0.39, 0.29) is 12.5 Å². The fourth-order valence-corrected chi connectivity index (χ4v) is 3.42. The SMILES string of the molecule is O=C(O)[C@@H]1CCCN(C(=O)c2c[nH]c3cccc(Br)c23)C1. The quantitative estimate of drug-likeness (QED) is 0.874. The van der Waals surface area contributed by atoms with Crippen LogP contribution in [0.1, 0.15) is 23.2 Å². The van der Waals surface area contributed by atoms with Crippen LogP contribution in [-0.4, -0.2) is 40.0 Å². The molecule has 0 bridgehead atoms. The fourth-order valence-electron chi connectivity index (χ4n) is 2.84. The Morgan fingerprint density at radius 1 is 1.38 bits per heavy atom. The molecule has 5 nitrogen and oxygen atoms in total. The molecule has 1 atom stereocenters. The molecule has 21 heavy (non-hydrogen) atoms. The lowest BCUT2D eigenvalue weighted by atomic mass is 9.97. The summed E-state index contributed by atoms with van der Waals surface area (Å²) in [6, 6.07) is 5.70. The van der Waals surface area contributed by atoms with E-state index in [0.29, 0.717) is 18.5 Å².